The lowest BCUT2D eigenvalue weighted by molar-refractivity contribution is 0.0132. The Balaban J connectivity index is 0.000000286. The number of ether oxygens (including phenoxy) is 1. The van der Waals surface area contributed by atoms with E-state index in [-0.39, 0.29) is 12.1 Å². The van der Waals surface area contributed by atoms with Crippen LogP contribution in [0, 0.1) is 0 Å². The average molecular weight is 582 g/mol. The maximum absolute atomic E-state index is 11.0. The normalized spacial score (nSPS) is 18.8. The number of hydrogen-bond donors (Lipinski definition) is 7. The van der Waals surface area contributed by atoms with Crippen molar-refractivity contribution >= 4 is 15.7 Å². The first kappa shape index (κ1) is 34.0. The first-order valence-corrected chi connectivity index (χ1v) is 15.4. The number of aliphatic hydroxyl groups excluding tert-OH is 4. The Morgan fingerprint density at radius 1 is 0.975 bits per heavy atom. The van der Waals surface area contributed by atoms with E-state index in [0.717, 1.165) is 22.9 Å². The van der Waals surface area contributed by atoms with E-state index in [4.69, 9.17) is 4.74 Å². The number of benzene rings is 2. The molecule has 0 aromatic heterocycles. The van der Waals surface area contributed by atoms with Crippen molar-refractivity contribution in [1.82, 2.24) is 10.6 Å². The number of nitrogens with one attached hydrogen (secondary N) is 3. The molecule has 2 aromatic rings. The van der Waals surface area contributed by atoms with Gasteiger partial charge in [-0.05, 0) is 50.1 Å². The fraction of sp³-hybridized carbons (Fsp3) is 0.586. The molecule has 1 aliphatic carbocycles. The minimum Gasteiger partial charge on any atom is -0.491 e. The molecule has 0 radical (unpaired) electrons. The van der Waals surface area contributed by atoms with E-state index in [1.807, 2.05) is 52.8 Å². The number of aliphatic hydroxyl groups is 4. The van der Waals surface area contributed by atoms with Gasteiger partial charge in [-0.25, -0.2) is 8.42 Å². The van der Waals surface area contributed by atoms with Crippen LogP contribution in [0.5, 0.6) is 5.75 Å². The van der Waals surface area contributed by atoms with Crippen LogP contribution >= 0.6 is 0 Å². The van der Waals surface area contributed by atoms with E-state index in [2.05, 4.69) is 15.4 Å². The van der Waals surface area contributed by atoms with Crippen LogP contribution in [0.2, 0.25) is 0 Å². The molecule has 7 N–H and O–H groups in total. The van der Waals surface area contributed by atoms with Gasteiger partial charge in [-0.3, -0.25) is 4.72 Å². The molecule has 40 heavy (non-hydrogen) atoms. The second-order valence-electron chi connectivity index (χ2n) is 11.6. The van der Waals surface area contributed by atoms with E-state index in [0.29, 0.717) is 43.4 Å². The summed E-state index contributed by atoms with van der Waals surface area (Å²) < 4.78 is 30.2. The fourth-order valence-electron chi connectivity index (χ4n) is 4.00. The summed E-state index contributed by atoms with van der Waals surface area (Å²) >= 11 is 0. The summed E-state index contributed by atoms with van der Waals surface area (Å²) in [5, 5.41) is 45.8. The lowest BCUT2D eigenvalue weighted by Crippen LogP contribution is -2.42. The molecule has 1 aliphatic rings. The molecule has 3 rings (SSSR count). The van der Waals surface area contributed by atoms with Gasteiger partial charge in [0.25, 0.3) is 0 Å². The van der Waals surface area contributed by atoms with Crippen LogP contribution in [-0.2, 0) is 22.9 Å². The van der Waals surface area contributed by atoms with Crippen LogP contribution < -0.4 is 20.1 Å². The number of anilines is 1. The number of rotatable bonds is 11. The van der Waals surface area contributed by atoms with Crippen LogP contribution in [0.4, 0.5) is 5.69 Å². The van der Waals surface area contributed by atoms with Crippen molar-refractivity contribution < 1.29 is 33.6 Å². The quantitative estimate of drug-likeness (QED) is 0.210. The second-order valence-corrected chi connectivity index (χ2v) is 13.4. The average Bonchev–Trinajstić information content (AvgIpc) is 2.85. The summed E-state index contributed by atoms with van der Waals surface area (Å²) in [5.41, 5.74) is 3.12. The summed E-state index contributed by atoms with van der Waals surface area (Å²) in [6, 6.07) is 12.6. The van der Waals surface area contributed by atoms with Gasteiger partial charge < -0.3 is 35.8 Å². The van der Waals surface area contributed by atoms with Gasteiger partial charge >= 0.3 is 0 Å². The molecule has 2 aromatic carbocycles. The topological polar surface area (TPSA) is 160 Å². The van der Waals surface area contributed by atoms with Crippen LogP contribution in [0.1, 0.15) is 57.4 Å². The van der Waals surface area contributed by atoms with Crippen molar-refractivity contribution in [1.29, 1.82) is 0 Å². The van der Waals surface area contributed by atoms with Crippen LogP contribution in [-0.4, -0.2) is 84.7 Å². The zero-order chi connectivity index (χ0) is 30.1. The molecule has 0 aliphatic heterocycles. The van der Waals surface area contributed by atoms with E-state index in [1.165, 1.54) is 0 Å². The largest absolute Gasteiger partial charge is 0.491 e. The van der Waals surface area contributed by atoms with Crippen molar-refractivity contribution in [3.05, 3.63) is 59.2 Å². The van der Waals surface area contributed by atoms with E-state index < -0.39 is 34.4 Å². The Morgan fingerprint density at radius 3 is 2.17 bits per heavy atom. The molecule has 0 fully saturated rings. The van der Waals surface area contributed by atoms with Gasteiger partial charge in [-0.15, -0.1) is 0 Å². The van der Waals surface area contributed by atoms with Crippen molar-refractivity contribution in [2.24, 2.45) is 0 Å². The highest BCUT2D eigenvalue weighted by Crippen LogP contribution is 2.30. The van der Waals surface area contributed by atoms with Gasteiger partial charge in [0.1, 0.15) is 18.5 Å². The Morgan fingerprint density at radius 2 is 1.60 bits per heavy atom. The molecule has 0 amide bonds. The zero-order valence-corrected chi connectivity index (χ0v) is 25.2. The summed E-state index contributed by atoms with van der Waals surface area (Å²) in [5.74, 6) is 0.679. The lowest BCUT2D eigenvalue weighted by Gasteiger charge is -2.28. The molecule has 0 bridgehead atoms. The first-order valence-electron chi connectivity index (χ1n) is 13.6. The maximum Gasteiger partial charge on any atom is 0.229 e. The smallest absolute Gasteiger partial charge is 0.229 e. The molecule has 0 heterocycles. The minimum absolute atomic E-state index is 0.0485. The maximum atomic E-state index is 11.0. The summed E-state index contributed by atoms with van der Waals surface area (Å²) in [6.07, 6.45) is -0.768. The molecule has 2 unspecified atom stereocenters. The van der Waals surface area contributed by atoms with Gasteiger partial charge in [0.15, 0.2) is 0 Å². The molecule has 11 heteroatoms. The van der Waals surface area contributed by atoms with Gasteiger partial charge in [0, 0.05) is 48.8 Å². The molecular weight excluding hydrogens is 534 g/mol. The summed E-state index contributed by atoms with van der Waals surface area (Å²) in [7, 11) is -3.26. The van der Waals surface area contributed by atoms with Crippen LogP contribution in [0.25, 0.3) is 0 Å². The van der Waals surface area contributed by atoms with Crippen molar-refractivity contribution in [3.8, 4) is 5.75 Å². The summed E-state index contributed by atoms with van der Waals surface area (Å²) in [4.78, 5) is 0. The Labute approximate surface area is 238 Å². The van der Waals surface area contributed by atoms with Gasteiger partial charge in [0.05, 0.1) is 24.6 Å². The number of sulfonamides is 1. The van der Waals surface area contributed by atoms with Crippen LogP contribution in [0.3, 0.4) is 0 Å². The van der Waals surface area contributed by atoms with Gasteiger partial charge in [0.2, 0.25) is 10.0 Å². The summed E-state index contributed by atoms with van der Waals surface area (Å²) in [6.45, 7) is 11.3. The predicted octanol–water partition coefficient (Wildman–Crippen LogP) is 1.72. The monoisotopic (exact) mass is 581 g/mol. The first-order chi connectivity index (χ1) is 18.5. The predicted molar refractivity (Wildman–Crippen MR) is 158 cm³/mol. The van der Waals surface area contributed by atoms with Crippen molar-refractivity contribution in [3.63, 3.8) is 0 Å². The Kier molecular flexibility index (Phi) is 12.8. The van der Waals surface area contributed by atoms with Gasteiger partial charge in [-0.1, -0.05) is 38.1 Å². The fourth-order valence-corrected chi connectivity index (χ4v) is 4.56. The standard InChI is InChI=1S/C17H27NO4.C12H20N2O3S/c1-17(2,3)18-9-12(19)10-22-16-6-4-5-11-7-14(20)15(21)8-13(11)16;1-9(2)13-8-12(15)10-4-6-11(7-5-10)14-18(3,16)17/h4-6,12,14-15,18-21H,7-10H2,1-3H3;4-7,9,12-15H,8H2,1-3H3/t12?,14-,15+;/m1./s1. The van der Waals surface area contributed by atoms with E-state index in [1.54, 1.807) is 24.3 Å². The van der Waals surface area contributed by atoms with Gasteiger partial charge in [-0.2, -0.15) is 0 Å². The Bertz CT molecular complexity index is 1150. The third-order valence-corrected chi connectivity index (χ3v) is 6.74. The molecule has 0 saturated carbocycles. The van der Waals surface area contributed by atoms with Crippen molar-refractivity contribution in [2.75, 3.05) is 30.7 Å². The highest BCUT2D eigenvalue weighted by atomic mass is 32.2. The SMILES string of the molecule is CC(C)(C)NCC(O)COc1cccc2c1C[C@H](O)[C@H](O)C2.CC(C)NCC(O)c1ccc(NS(C)(=O)=O)cc1. The highest BCUT2D eigenvalue weighted by Gasteiger charge is 2.27. The third kappa shape index (κ3) is 12.5. The van der Waals surface area contributed by atoms with Crippen molar-refractivity contribution in [2.45, 2.75) is 83.5 Å². The highest BCUT2D eigenvalue weighted by molar-refractivity contribution is 7.92. The lowest BCUT2D eigenvalue weighted by atomic mass is 9.87. The molecule has 4 atom stereocenters. The molecule has 0 saturated heterocycles. The van der Waals surface area contributed by atoms with Crippen LogP contribution in [0.15, 0.2) is 42.5 Å². The number of hydrogen-bond acceptors (Lipinski definition) is 9. The molecule has 0 spiro atoms. The third-order valence-electron chi connectivity index (χ3n) is 6.13. The number of fused-ring (bicyclic) bond motifs is 1. The van der Waals surface area contributed by atoms with E-state index in [9.17, 15) is 28.8 Å². The zero-order valence-electron chi connectivity index (χ0n) is 24.4. The molecule has 226 valence electrons. The molecule has 10 nitrogen and oxygen atoms in total. The van der Waals surface area contributed by atoms with E-state index >= 15 is 0 Å². The molecular formula is C29H47N3O7S. The minimum atomic E-state index is -3.26. The second kappa shape index (κ2) is 15.1. The number of β-amino-alcohol motifs (C(OH)–C–C–N with tert-alkyl or cyclic N) is 1. The Hall–Kier alpha value is -2.25.